The first kappa shape index (κ1) is 124. The molecule has 32 atom stereocenters. The molecule has 132 heavy (non-hydrogen) atoms. The van der Waals surface area contributed by atoms with Gasteiger partial charge in [-0.05, 0) is 227 Å². The molecule has 26 nitrogen and oxygen atoms in total. The van der Waals surface area contributed by atoms with Crippen LogP contribution in [0.4, 0.5) is 0 Å². The molecule has 0 aromatic rings. The van der Waals surface area contributed by atoms with Crippen LogP contribution in [-0.2, 0) is 124 Å². The summed E-state index contributed by atoms with van der Waals surface area (Å²) in [5.41, 5.74) is -2.35. The number of carbonyl (C=O) groups is 12. The third-order valence-corrected chi connectivity index (χ3v) is 33.8. The Kier molecular flexibility index (Phi) is 45.6. The van der Waals surface area contributed by atoms with E-state index in [1.54, 1.807) is 0 Å². The molecule has 32 unspecified atom stereocenters. The molecule has 12 aliphatic carbocycles. The monoisotopic (exact) mass is 1880 g/mol. The summed E-state index contributed by atoms with van der Waals surface area (Å²) in [4.78, 5) is 144. The van der Waals surface area contributed by atoms with Crippen LogP contribution in [0.15, 0.2) is 0 Å². The highest BCUT2D eigenvalue weighted by molar-refractivity contribution is 5.83. The van der Waals surface area contributed by atoms with E-state index in [0.29, 0.717) is 94.3 Å². The lowest BCUT2D eigenvalue weighted by molar-refractivity contribution is -0.176. The topological polar surface area (TPSA) is 334 Å². The number of fused-ring (bicyclic) bond motifs is 26. The van der Waals surface area contributed by atoms with E-state index in [2.05, 4.69) is 0 Å². The first-order valence-electron chi connectivity index (χ1n) is 46.3. The van der Waals surface area contributed by atoms with Crippen molar-refractivity contribution in [2.75, 3.05) is 52.9 Å². The zero-order valence-corrected chi connectivity index (χ0v) is 74.7. The minimum absolute atomic E-state index is 0. The van der Waals surface area contributed by atoms with E-state index in [9.17, 15) is 57.5 Å². The highest BCUT2D eigenvalue weighted by atomic mass is 16.6. The van der Waals surface area contributed by atoms with Crippen LogP contribution in [0, 0.1) is 163 Å². The number of carbonyl (C=O) groups excluding carboxylic acids is 12. The maximum Gasteiger partial charge on any atom is 0.312 e. The number of hydrogen-bond acceptors (Lipinski definition) is 26. The summed E-state index contributed by atoms with van der Waals surface area (Å²) in [6, 6.07) is 0. The molecule has 12 bridgehead atoms. The maximum atomic E-state index is 12.5. The Labute approximate surface area is 798 Å². The Morgan fingerprint density at radius 1 is 0.333 bits per heavy atom. The molecule has 0 aromatic carbocycles. The fourth-order valence-electron chi connectivity index (χ4n) is 24.5. The second-order valence-corrected chi connectivity index (χ2v) is 41.5. The van der Waals surface area contributed by atoms with E-state index < -0.39 is 21.7 Å². The lowest BCUT2D eigenvalue weighted by Crippen LogP contribution is -2.47. The van der Waals surface area contributed by atoms with Crippen molar-refractivity contribution in [2.45, 2.75) is 391 Å². The average Bonchev–Trinajstić information content (AvgIpc) is 1.57. The van der Waals surface area contributed by atoms with Crippen molar-refractivity contribution >= 4 is 71.6 Å². The fourth-order valence-corrected chi connectivity index (χ4v) is 24.5. The second-order valence-electron chi connectivity index (χ2n) is 41.5. The summed E-state index contributed by atoms with van der Waals surface area (Å²) in [5.74, 6) is 3.21. The second kappa shape index (κ2) is 48.7. The van der Waals surface area contributed by atoms with Gasteiger partial charge in [0.2, 0.25) is 0 Å². The van der Waals surface area contributed by atoms with Gasteiger partial charge < -0.3 is 66.3 Å². The molecule has 6 aliphatic heterocycles. The molecule has 18 fully saturated rings. The molecular weight excluding hydrogens is 1690 g/mol. The van der Waals surface area contributed by atoms with Gasteiger partial charge in [-0.2, -0.15) is 0 Å². The van der Waals surface area contributed by atoms with Crippen LogP contribution < -0.4 is 0 Å². The Morgan fingerprint density at radius 2 is 0.682 bits per heavy atom. The largest absolute Gasteiger partial charge is 0.465 e. The fraction of sp³-hybridized carbons (Fsp3) is 0.887. The van der Waals surface area contributed by atoms with Gasteiger partial charge in [-0.3, -0.25) is 57.5 Å². The summed E-state index contributed by atoms with van der Waals surface area (Å²) in [7, 11) is 0. The standard InChI is InChI=1S/C17H26O5.C16H24O5.2C16H24O4.C15H22O4.C14H20O4.12CH4/c1-5-17(3,4)16(19)22-14-9-7-10(13(14)20-6-2)12-11(9)8-21-15(12)18;1-4-8(3)15(17)21-14-9-6-10(13(14)19-5-2)12-11(9)7-20-16(12)18;1-4-15(2,3)13(17)20-12-8-11-7-10(12)9-16(11)5-6-19-14(16)18;1-4-15(2,3)13(17)20-12-8-10-7-11(12)16(9-10)5-6-19-14(16)18;1-4-15(2,3)14(17)19-11-6-8-5-9(11)12-10(8)7-18-13(12)16;1-3-7(2)13(15)18-11-5-8-4-9(11)12-10(8)6-17-14(12)16;;;;;;;;;;;;/h9-14H,5-8H2,1-4H3;8-14H,4-7H2,1-3H3;2*10-12H,4-9H2,1-3H3;8-12H,4-7H2,1-3H3;7-12H,3-6H2,1-2H3;12*1H4. The number of ether oxygens (including phenoxy) is 14. The number of cyclic esters (lactones) is 6. The Bertz CT molecular complexity index is 3830. The summed E-state index contributed by atoms with van der Waals surface area (Å²) in [6.45, 7) is 39.2. The molecule has 0 radical (unpaired) electrons. The lowest BCUT2D eigenvalue weighted by atomic mass is 9.71. The van der Waals surface area contributed by atoms with Crippen molar-refractivity contribution in [1.29, 1.82) is 0 Å². The van der Waals surface area contributed by atoms with Crippen LogP contribution in [0.25, 0.3) is 0 Å². The van der Waals surface area contributed by atoms with Gasteiger partial charge >= 0.3 is 71.6 Å². The van der Waals surface area contributed by atoms with E-state index in [1.807, 2.05) is 125 Å². The van der Waals surface area contributed by atoms with Crippen LogP contribution in [-0.4, -0.2) is 173 Å². The predicted octanol–water partition coefficient (Wildman–Crippen LogP) is 20.9. The van der Waals surface area contributed by atoms with E-state index in [4.69, 9.17) is 66.3 Å². The molecule has 0 amide bonds. The SMILES string of the molecule is C.C.C.C.C.C.C.C.C.C.C.C.CCC(C)(C)C(=O)OC1CC2CC1C1(CCOC1=O)C2.CCC(C)(C)C(=O)OC1CC2CC1C1C(=O)OCC21.CCC(C)(C)C(=O)OC1CC2CC1CC21CCOC1=O.CCC(C)C(=O)OC1CC2CC1C1C(=O)OCC21.CCOC1C2CC(C3COC(=O)C32)C1OC(=O)C(C)(C)CC.CCOC1C2CC(C3COC(=O)C32)C1OC(=O)C(C)CC. The third kappa shape index (κ3) is 23.1. The molecule has 0 aromatic heterocycles. The Hall–Kier alpha value is -6.44. The Morgan fingerprint density at radius 3 is 1.04 bits per heavy atom. The van der Waals surface area contributed by atoms with Gasteiger partial charge in [0, 0.05) is 78.3 Å². The van der Waals surface area contributed by atoms with Crippen LogP contribution in [0.1, 0.15) is 342 Å². The molecule has 12 saturated carbocycles. The third-order valence-electron chi connectivity index (χ3n) is 33.8. The van der Waals surface area contributed by atoms with Crippen molar-refractivity contribution in [2.24, 2.45) is 163 Å². The van der Waals surface area contributed by atoms with Crippen LogP contribution >= 0.6 is 0 Å². The van der Waals surface area contributed by atoms with Crippen molar-refractivity contribution in [3.05, 3.63) is 0 Å². The van der Waals surface area contributed by atoms with Crippen molar-refractivity contribution < 1.29 is 124 Å². The van der Waals surface area contributed by atoms with Gasteiger partial charge in [0.05, 0.1) is 120 Å². The lowest BCUT2D eigenvalue weighted by Gasteiger charge is -2.36. The van der Waals surface area contributed by atoms with Crippen LogP contribution in [0.2, 0.25) is 0 Å². The molecule has 26 heteroatoms. The summed E-state index contributed by atoms with van der Waals surface area (Å²) in [6.07, 6.45) is 16.6. The summed E-state index contributed by atoms with van der Waals surface area (Å²) < 4.78 is 77.4. The number of rotatable bonds is 22. The highest BCUT2D eigenvalue weighted by Crippen LogP contribution is 2.65. The van der Waals surface area contributed by atoms with Crippen molar-refractivity contribution in [3.8, 4) is 0 Å². The number of esters is 12. The minimum Gasteiger partial charge on any atom is -0.465 e. The quantitative estimate of drug-likeness (QED) is 0.0718. The van der Waals surface area contributed by atoms with Gasteiger partial charge in [-0.1, -0.05) is 145 Å². The zero-order chi connectivity index (χ0) is 86.9. The van der Waals surface area contributed by atoms with Gasteiger partial charge in [-0.25, -0.2) is 0 Å². The van der Waals surface area contributed by atoms with Crippen LogP contribution in [0.5, 0.6) is 0 Å². The Balaban J connectivity index is 0.000000778. The zero-order valence-electron chi connectivity index (χ0n) is 74.7. The first-order valence-corrected chi connectivity index (χ1v) is 46.3. The van der Waals surface area contributed by atoms with E-state index in [0.717, 1.165) is 128 Å². The van der Waals surface area contributed by atoms with Crippen LogP contribution in [0.3, 0.4) is 0 Å². The molecular formula is C106H188O26. The van der Waals surface area contributed by atoms with Gasteiger partial charge in [-0.15, -0.1) is 0 Å². The molecule has 6 heterocycles. The average molecular weight is 1880 g/mol. The molecule has 18 aliphatic rings. The smallest absolute Gasteiger partial charge is 0.312 e. The van der Waals surface area contributed by atoms with E-state index in [-0.39, 0.29) is 309 Å². The highest BCUT2D eigenvalue weighted by Gasteiger charge is 2.70. The maximum absolute atomic E-state index is 12.5. The van der Waals surface area contributed by atoms with Crippen molar-refractivity contribution in [1.82, 2.24) is 0 Å². The minimum atomic E-state index is -0.486. The summed E-state index contributed by atoms with van der Waals surface area (Å²) in [5, 5.41) is 0. The molecule has 2 spiro atoms. The number of hydrogen-bond donors (Lipinski definition) is 0. The normalized spacial score (nSPS) is 36.8. The predicted molar refractivity (Wildman–Crippen MR) is 511 cm³/mol. The summed E-state index contributed by atoms with van der Waals surface area (Å²) >= 11 is 0. The molecule has 18 rings (SSSR count). The molecule has 0 N–H and O–H groups in total. The van der Waals surface area contributed by atoms with Gasteiger partial charge in [0.15, 0.2) is 0 Å². The first-order chi connectivity index (χ1) is 56.8. The van der Waals surface area contributed by atoms with Crippen molar-refractivity contribution in [3.63, 3.8) is 0 Å². The van der Waals surface area contributed by atoms with E-state index >= 15 is 0 Å². The molecule has 768 valence electrons. The van der Waals surface area contributed by atoms with E-state index in [1.165, 1.54) is 0 Å². The molecule has 6 saturated heterocycles. The van der Waals surface area contributed by atoms with Gasteiger partial charge in [0.25, 0.3) is 0 Å². The van der Waals surface area contributed by atoms with Gasteiger partial charge in [0.1, 0.15) is 36.6 Å².